The van der Waals surface area contributed by atoms with Gasteiger partial charge in [-0.05, 0) is 35.0 Å². The number of hydrogen-bond donors (Lipinski definition) is 3. The summed E-state index contributed by atoms with van der Waals surface area (Å²) >= 11 is 0. The molecule has 0 unspecified atom stereocenters. The fraction of sp³-hybridized carbons (Fsp3) is 0.0588. The number of aromatic nitrogens is 2. The molecule has 2 aromatic heterocycles. The Labute approximate surface area is 115 Å². The van der Waals surface area contributed by atoms with E-state index in [1.807, 2.05) is 60.7 Å². The lowest BCUT2D eigenvalue weighted by molar-refractivity contribution is 0.212. The third-order valence-corrected chi connectivity index (χ3v) is 3.69. The van der Waals surface area contributed by atoms with Gasteiger partial charge in [0, 0.05) is 11.0 Å². The first kappa shape index (κ1) is 11.3. The Morgan fingerprint density at radius 2 is 1.15 bits per heavy atom. The van der Waals surface area contributed by atoms with Crippen LogP contribution in [0.15, 0.2) is 60.7 Å². The summed E-state index contributed by atoms with van der Waals surface area (Å²) < 4.78 is 0. The molecule has 3 heteroatoms. The second-order valence-corrected chi connectivity index (χ2v) is 5.03. The largest absolute Gasteiger partial charge is 0.381 e. The molecule has 0 saturated heterocycles. The molecule has 0 atom stereocenters. The summed E-state index contributed by atoms with van der Waals surface area (Å²) in [5.74, 6) is 0. The fourth-order valence-corrected chi connectivity index (χ4v) is 2.65. The minimum Gasteiger partial charge on any atom is -0.381 e. The lowest BCUT2D eigenvalue weighted by Gasteiger charge is -2.05. The Balaban J connectivity index is 1.80. The van der Waals surface area contributed by atoms with Crippen molar-refractivity contribution in [1.29, 1.82) is 0 Å². The minimum atomic E-state index is -0.671. The van der Waals surface area contributed by atoms with Gasteiger partial charge in [-0.25, -0.2) is 0 Å². The molecule has 0 bridgehead atoms. The third kappa shape index (κ3) is 1.72. The summed E-state index contributed by atoms with van der Waals surface area (Å²) in [4.78, 5) is 6.54. The van der Waals surface area contributed by atoms with Crippen molar-refractivity contribution in [1.82, 2.24) is 9.97 Å². The number of aliphatic hydroxyl groups is 1. The molecule has 0 aliphatic heterocycles. The smallest absolute Gasteiger partial charge is 0.133 e. The first-order chi connectivity index (χ1) is 9.81. The van der Waals surface area contributed by atoms with Gasteiger partial charge in [0.25, 0.3) is 0 Å². The molecule has 2 aromatic carbocycles. The van der Waals surface area contributed by atoms with Crippen molar-refractivity contribution in [2.75, 3.05) is 0 Å². The van der Waals surface area contributed by atoms with Gasteiger partial charge >= 0.3 is 0 Å². The number of para-hydroxylation sites is 2. The lowest BCUT2D eigenvalue weighted by Crippen LogP contribution is -1.99. The summed E-state index contributed by atoms with van der Waals surface area (Å²) in [7, 11) is 0. The fourth-order valence-electron chi connectivity index (χ4n) is 2.65. The highest BCUT2D eigenvalue weighted by atomic mass is 16.3. The maximum absolute atomic E-state index is 10.5. The third-order valence-electron chi connectivity index (χ3n) is 3.69. The molecule has 0 saturated carbocycles. The highest BCUT2D eigenvalue weighted by molar-refractivity contribution is 5.82. The van der Waals surface area contributed by atoms with Crippen molar-refractivity contribution in [3.8, 4) is 0 Å². The molecule has 4 aromatic rings. The molecular weight excluding hydrogens is 248 g/mol. The highest BCUT2D eigenvalue weighted by Gasteiger charge is 2.15. The van der Waals surface area contributed by atoms with Crippen molar-refractivity contribution in [2.24, 2.45) is 0 Å². The van der Waals surface area contributed by atoms with Crippen LogP contribution in [-0.2, 0) is 0 Å². The Morgan fingerprint density at radius 3 is 1.60 bits per heavy atom. The van der Waals surface area contributed by atoms with Crippen molar-refractivity contribution in [2.45, 2.75) is 6.10 Å². The first-order valence-electron chi connectivity index (χ1n) is 6.64. The molecule has 98 valence electrons. The van der Waals surface area contributed by atoms with Crippen LogP contribution in [0.25, 0.3) is 21.8 Å². The van der Waals surface area contributed by atoms with E-state index in [0.29, 0.717) is 0 Å². The van der Waals surface area contributed by atoms with Crippen molar-refractivity contribution in [3.05, 3.63) is 72.1 Å². The van der Waals surface area contributed by atoms with Gasteiger partial charge in [-0.15, -0.1) is 0 Å². The quantitative estimate of drug-likeness (QED) is 0.506. The predicted octanol–water partition coefficient (Wildman–Crippen LogP) is 3.73. The van der Waals surface area contributed by atoms with Crippen LogP contribution >= 0.6 is 0 Å². The standard InChI is InChI=1S/C17H14N2O/c20-17(15-9-11-5-1-3-7-13(11)18-15)16-10-12-6-2-4-8-14(12)19-16/h1-10,17-20H. The Hall–Kier alpha value is -2.52. The maximum atomic E-state index is 10.5. The van der Waals surface area contributed by atoms with E-state index in [1.54, 1.807) is 0 Å². The van der Waals surface area contributed by atoms with Gasteiger partial charge < -0.3 is 15.1 Å². The number of nitrogens with one attached hydrogen (secondary N) is 2. The Morgan fingerprint density at radius 1 is 0.700 bits per heavy atom. The summed E-state index contributed by atoms with van der Waals surface area (Å²) in [5.41, 5.74) is 3.69. The first-order valence-corrected chi connectivity index (χ1v) is 6.64. The van der Waals surface area contributed by atoms with Crippen LogP contribution in [0.3, 0.4) is 0 Å². The molecule has 4 rings (SSSR count). The molecule has 20 heavy (non-hydrogen) atoms. The van der Waals surface area contributed by atoms with Gasteiger partial charge in [0.05, 0.1) is 11.4 Å². The average Bonchev–Trinajstić information content (AvgIpc) is 3.10. The van der Waals surface area contributed by atoms with E-state index in [-0.39, 0.29) is 0 Å². The molecule has 3 nitrogen and oxygen atoms in total. The summed E-state index contributed by atoms with van der Waals surface area (Å²) in [5, 5.41) is 12.7. The number of aromatic amines is 2. The van der Waals surface area contributed by atoms with Crippen LogP contribution in [0.5, 0.6) is 0 Å². The van der Waals surface area contributed by atoms with Gasteiger partial charge in [-0.3, -0.25) is 0 Å². The molecule has 0 aliphatic rings. The van der Waals surface area contributed by atoms with Crippen LogP contribution in [-0.4, -0.2) is 15.1 Å². The van der Waals surface area contributed by atoms with Gasteiger partial charge in [0.1, 0.15) is 6.10 Å². The normalized spacial score (nSPS) is 11.7. The van der Waals surface area contributed by atoms with E-state index in [2.05, 4.69) is 9.97 Å². The SMILES string of the molecule is OC(c1cc2ccccc2[nH]1)c1cc2ccccc2[nH]1. The summed E-state index contributed by atoms with van der Waals surface area (Å²) in [6.45, 7) is 0. The van der Waals surface area contributed by atoms with Crippen molar-refractivity contribution >= 4 is 21.8 Å². The number of rotatable bonds is 2. The number of H-pyrrole nitrogens is 2. The summed E-state index contributed by atoms with van der Waals surface area (Å²) in [6, 6.07) is 20.0. The molecule has 0 aliphatic carbocycles. The van der Waals surface area contributed by atoms with E-state index in [9.17, 15) is 5.11 Å². The van der Waals surface area contributed by atoms with Crippen LogP contribution in [0.1, 0.15) is 17.5 Å². The van der Waals surface area contributed by atoms with Crippen LogP contribution in [0.2, 0.25) is 0 Å². The average molecular weight is 262 g/mol. The molecule has 3 N–H and O–H groups in total. The molecule has 0 fully saturated rings. The van der Waals surface area contributed by atoms with E-state index in [1.165, 1.54) is 0 Å². The topological polar surface area (TPSA) is 51.8 Å². The second-order valence-electron chi connectivity index (χ2n) is 5.03. The minimum absolute atomic E-state index is 0.671. The molecule has 0 amide bonds. The van der Waals surface area contributed by atoms with E-state index in [4.69, 9.17) is 0 Å². The summed E-state index contributed by atoms with van der Waals surface area (Å²) in [6.07, 6.45) is -0.671. The Kier molecular flexibility index (Phi) is 2.41. The van der Waals surface area contributed by atoms with Gasteiger partial charge in [0.2, 0.25) is 0 Å². The highest BCUT2D eigenvalue weighted by Crippen LogP contribution is 2.27. The predicted molar refractivity (Wildman–Crippen MR) is 80.7 cm³/mol. The second kappa shape index (κ2) is 4.25. The van der Waals surface area contributed by atoms with Crippen LogP contribution < -0.4 is 0 Å². The van der Waals surface area contributed by atoms with Crippen molar-refractivity contribution in [3.63, 3.8) is 0 Å². The zero-order valence-corrected chi connectivity index (χ0v) is 10.8. The lowest BCUT2D eigenvalue weighted by atomic mass is 10.1. The van der Waals surface area contributed by atoms with E-state index < -0.39 is 6.10 Å². The number of benzene rings is 2. The Bertz CT molecular complexity index is 748. The number of aliphatic hydroxyl groups excluding tert-OH is 1. The van der Waals surface area contributed by atoms with E-state index in [0.717, 1.165) is 33.2 Å². The van der Waals surface area contributed by atoms with E-state index >= 15 is 0 Å². The number of fused-ring (bicyclic) bond motifs is 2. The van der Waals surface area contributed by atoms with Crippen LogP contribution in [0, 0.1) is 0 Å². The molecular formula is C17H14N2O. The van der Waals surface area contributed by atoms with Crippen molar-refractivity contribution < 1.29 is 5.11 Å². The van der Waals surface area contributed by atoms with Crippen LogP contribution in [0.4, 0.5) is 0 Å². The molecule has 0 spiro atoms. The molecule has 0 radical (unpaired) electrons. The zero-order chi connectivity index (χ0) is 13.5. The van der Waals surface area contributed by atoms with Gasteiger partial charge in [-0.2, -0.15) is 0 Å². The zero-order valence-electron chi connectivity index (χ0n) is 10.8. The number of hydrogen-bond acceptors (Lipinski definition) is 1. The monoisotopic (exact) mass is 262 g/mol. The maximum Gasteiger partial charge on any atom is 0.133 e. The molecule has 2 heterocycles. The van der Waals surface area contributed by atoms with Gasteiger partial charge in [-0.1, -0.05) is 36.4 Å². The van der Waals surface area contributed by atoms with Gasteiger partial charge in [0.15, 0.2) is 0 Å².